The Balaban J connectivity index is 2.08. The summed E-state index contributed by atoms with van der Waals surface area (Å²) in [4.78, 5) is 0. The fourth-order valence-corrected chi connectivity index (χ4v) is 2.08. The van der Waals surface area contributed by atoms with Gasteiger partial charge < -0.3 is 9.73 Å². The fraction of sp³-hybridized carbons (Fsp3) is 0.0909. The first-order valence-electron chi connectivity index (χ1n) is 5.07. The molecule has 0 fully saturated rings. The number of furan rings is 1. The van der Waals surface area contributed by atoms with E-state index in [0.29, 0.717) is 17.3 Å². The van der Waals surface area contributed by atoms with E-state index < -0.39 is 10.0 Å². The number of rotatable bonds is 4. The van der Waals surface area contributed by atoms with Crippen molar-refractivity contribution in [3.8, 4) is 0 Å². The third kappa shape index (κ3) is 3.04. The summed E-state index contributed by atoms with van der Waals surface area (Å²) in [6, 6.07) is 10.1. The molecule has 0 unspecified atom stereocenters. The first-order chi connectivity index (χ1) is 8.47. The van der Waals surface area contributed by atoms with Gasteiger partial charge in [-0.3, -0.25) is 0 Å². The maximum absolute atomic E-state index is 11.0. The number of nitrogens with one attached hydrogen (secondary N) is 1. The zero-order valence-electron chi connectivity index (χ0n) is 9.26. The highest BCUT2D eigenvalue weighted by Gasteiger charge is 2.13. The molecule has 0 amide bonds. The van der Waals surface area contributed by atoms with Crippen molar-refractivity contribution < 1.29 is 12.8 Å². The van der Waals surface area contributed by atoms with Crippen LogP contribution in [0.25, 0.3) is 0 Å². The molecule has 0 aliphatic carbocycles. The van der Waals surface area contributed by atoms with E-state index >= 15 is 0 Å². The van der Waals surface area contributed by atoms with Gasteiger partial charge in [0.25, 0.3) is 10.0 Å². The van der Waals surface area contributed by atoms with E-state index in [1.54, 1.807) is 12.1 Å². The molecule has 0 aliphatic rings. The van der Waals surface area contributed by atoms with Crippen molar-refractivity contribution in [3.63, 3.8) is 0 Å². The molecule has 1 aromatic heterocycles. The third-order valence-electron chi connectivity index (χ3n) is 2.24. The van der Waals surface area contributed by atoms with Crippen LogP contribution in [0.3, 0.4) is 0 Å². The van der Waals surface area contributed by atoms with Gasteiger partial charge in [-0.05, 0) is 24.3 Å². The molecule has 2 aromatic rings. The van der Waals surface area contributed by atoms with Crippen molar-refractivity contribution in [2.24, 2.45) is 5.14 Å². The van der Waals surface area contributed by atoms with E-state index in [9.17, 15) is 8.42 Å². The molecule has 0 atom stereocenters. The molecule has 7 heteroatoms. The second kappa shape index (κ2) is 5.01. The van der Waals surface area contributed by atoms with Crippen LogP contribution < -0.4 is 10.5 Å². The maximum Gasteiger partial charge on any atom is 0.271 e. The molecule has 0 radical (unpaired) electrons. The molecule has 3 N–H and O–H groups in total. The summed E-state index contributed by atoms with van der Waals surface area (Å²) in [6.45, 7) is 0.319. The second-order valence-electron chi connectivity index (χ2n) is 3.60. The van der Waals surface area contributed by atoms with Gasteiger partial charge >= 0.3 is 0 Å². The Labute approximate surface area is 110 Å². The normalized spacial score (nSPS) is 11.4. The van der Waals surface area contributed by atoms with Crippen LogP contribution in [0.5, 0.6) is 0 Å². The van der Waals surface area contributed by atoms with Crippen LogP contribution >= 0.6 is 11.6 Å². The van der Waals surface area contributed by atoms with Gasteiger partial charge in [0.1, 0.15) is 5.76 Å². The lowest BCUT2D eigenvalue weighted by Crippen LogP contribution is -2.10. The minimum absolute atomic E-state index is 0.251. The van der Waals surface area contributed by atoms with Crippen molar-refractivity contribution in [1.29, 1.82) is 0 Å². The molecule has 0 spiro atoms. The van der Waals surface area contributed by atoms with E-state index in [1.165, 1.54) is 6.07 Å². The summed E-state index contributed by atoms with van der Waals surface area (Å²) >= 11 is 5.96. The number of hydrogen-bond acceptors (Lipinski definition) is 4. The first-order valence-corrected chi connectivity index (χ1v) is 6.99. The SMILES string of the molecule is NS(=O)(=O)c1ccc(CNc2ccccc2Cl)o1. The monoisotopic (exact) mass is 286 g/mol. The van der Waals surface area contributed by atoms with Gasteiger partial charge in [0.15, 0.2) is 0 Å². The lowest BCUT2D eigenvalue weighted by Gasteiger charge is -2.05. The van der Waals surface area contributed by atoms with Gasteiger partial charge in [-0.15, -0.1) is 0 Å². The number of primary sulfonamides is 1. The first kappa shape index (κ1) is 12.9. The highest BCUT2D eigenvalue weighted by molar-refractivity contribution is 7.89. The zero-order valence-corrected chi connectivity index (χ0v) is 10.8. The van der Waals surface area contributed by atoms with E-state index in [-0.39, 0.29) is 5.09 Å². The summed E-state index contributed by atoms with van der Waals surface area (Å²) in [7, 11) is -3.79. The predicted octanol–water partition coefficient (Wildman–Crippen LogP) is 2.19. The predicted molar refractivity (Wildman–Crippen MR) is 68.9 cm³/mol. The summed E-state index contributed by atoms with van der Waals surface area (Å²) in [5.74, 6) is 0.457. The van der Waals surface area contributed by atoms with Crippen LogP contribution in [0.4, 0.5) is 5.69 Å². The lowest BCUT2D eigenvalue weighted by molar-refractivity contribution is 0.419. The molecule has 1 heterocycles. The van der Waals surface area contributed by atoms with Gasteiger partial charge in [-0.25, -0.2) is 13.6 Å². The summed E-state index contributed by atoms with van der Waals surface area (Å²) in [5.41, 5.74) is 0.743. The van der Waals surface area contributed by atoms with E-state index in [0.717, 1.165) is 5.69 Å². The van der Waals surface area contributed by atoms with E-state index in [4.69, 9.17) is 21.2 Å². The van der Waals surface area contributed by atoms with E-state index in [1.807, 2.05) is 18.2 Å². The Bertz CT molecular complexity index is 652. The molecule has 0 aliphatic heterocycles. The van der Waals surface area contributed by atoms with Crippen molar-refractivity contribution in [1.82, 2.24) is 0 Å². The molecule has 0 saturated carbocycles. The largest absolute Gasteiger partial charge is 0.446 e. The van der Waals surface area contributed by atoms with Crippen LogP contribution in [0.15, 0.2) is 45.9 Å². The quantitative estimate of drug-likeness (QED) is 0.902. The van der Waals surface area contributed by atoms with Crippen LogP contribution in [-0.4, -0.2) is 8.42 Å². The van der Waals surface area contributed by atoms with E-state index in [2.05, 4.69) is 5.32 Å². The Morgan fingerprint density at radius 1 is 1.22 bits per heavy atom. The number of nitrogens with two attached hydrogens (primary N) is 1. The molecule has 0 saturated heterocycles. The topological polar surface area (TPSA) is 85.3 Å². The summed E-state index contributed by atoms with van der Waals surface area (Å²) in [5, 5.41) is 8.30. The minimum atomic E-state index is -3.79. The van der Waals surface area contributed by atoms with Crippen molar-refractivity contribution in [2.45, 2.75) is 11.6 Å². The van der Waals surface area contributed by atoms with Crippen molar-refractivity contribution >= 4 is 27.3 Å². The van der Waals surface area contributed by atoms with Crippen LogP contribution in [0.1, 0.15) is 5.76 Å². The van der Waals surface area contributed by atoms with Crippen LogP contribution in [-0.2, 0) is 16.6 Å². The molecule has 96 valence electrons. The van der Waals surface area contributed by atoms with Crippen LogP contribution in [0, 0.1) is 0 Å². The summed E-state index contributed by atoms with van der Waals surface area (Å²) < 4.78 is 27.1. The van der Waals surface area contributed by atoms with Gasteiger partial charge in [0.2, 0.25) is 5.09 Å². The molecule has 2 rings (SSSR count). The Morgan fingerprint density at radius 3 is 2.56 bits per heavy atom. The highest BCUT2D eigenvalue weighted by atomic mass is 35.5. The Morgan fingerprint density at radius 2 is 1.94 bits per heavy atom. The maximum atomic E-state index is 11.0. The number of halogens is 1. The van der Waals surface area contributed by atoms with Crippen molar-refractivity contribution in [2.75, 3.05) is 5.32 Å². The van der Waals surface area contributed by atoms with Gasteiger partial charge in [0.05, 0.1) is 17.3 Å². The Hall–Kier alpha value is -1.50. The molecule has 18 heavy (non-hydrogen) atoms. The number of hydrogen-bond donors (Lipinski definition) is 2. The van der Waals surface area contributed by atoms with Crippen LogP contribution in [0.2, 0.25) is 5.02 Å². The van der Waals surface area contributed by atoms with Gasteiger partial charge in [0, 0.05) is 0 Å². The third-order valence-corrected chi connectivity index (χ3v) is 3.35. The van der Waals surface area contributed by atoms with Gasteiger partial charge in [-0.1, -0.05) is 23.7 Å². The number of anilines is 1. The Kier molecular flexibility index (Phi) is 3.60. The average Bonchev–Trinajstić information content (AvgIpc) is 2.76. The molecular weight excluding hydrogens is 276 g/mol. The number of para-hydroxylation sites is 1. The molecular formula is C11H11ClN2O3S. The summed E-state index contributed by atoms with van der Waals surface area (Å²) in [6.07, 6.45) is 0. The average molecular weight is 287 g/mol. The minimum Gasteiger partial charge on any atom is -0.446 e. The fourth-order valence-electron chi connectivity index (χ4n) is 1.39. The zero-order chi connectivity index (χ0) is 13.2. The molecule has 5 nitrogen and oxygen atoms in total. The smallest absolute Gasteiger partial charge is 0.271 e. The van der Waals surface area contributed by atoms with Gasteiger partial charge in [-0.2, -0.15) is 0 Å². The molecule has 1 aromatic carbocycles. The molecule has 0 bridgehead atoms. The highest BCUT2D eigenvalue weighted by Crippen LogP contribution is 2.21. The second-order valence-corrected chi connectivity index (χ2v) is 5.50. The number of sulfonamides is 1. The number of benzene rings is 1. The lowest BCUT2D eigenvalue weighted by atomic mass is 10.3. The standard InChI is InChI=1S/C11H11ClN2O3S/c12-9-3-1-2-4-10(9)14-7-8-5-6-11(17-8)18(13,15)16/h1-6,14H,7H2,(H2,13,15,16). The van der Waals surface area contributed by atoms with Crippen molar-refractivity contribution in [3.05, 3.63) is 47.2 Å².